The van der Waals surface area contributed by atoms with Crippen molar-refractivity contribution in [1.82, 2.24) is 4.90 Å². The zero-order valence-corrected chi connectivity index (χ0v) is 22.1. The number of carboxylic acid groups (broad SMARTS) is 1. The van der Waals surface area contributed by atoms with Gasteiger partial charge in [0.25, 0.3) is 0 Å². The lowest BCUT2D eigenvalue weighted by atomic mass is 9.89. The van der Waals surface area contributed by atoms with Gasteiger partial charge in [0.05, 0.1) is 14.2 Å². The van der Waals surface area contributed by atoms with Crippen LogP contribution in [0.15, 0.2) is 42.5 Å². The molecule has 36 heavy (non-hydrogen) atoms. The van der Waals surface area contributed by atoms with Crippen LogP contribution in [0.2, 0.25) is 0 Å². The van der Waals surface area contributed by atoms with Crippen molar-refractivity contribution in [3.05, 3.63) is 53.6 Å². The third-order valence-electron chi connectivity index (χ3n) is 6.33. The average Bonchev–Trinajstić information content (AvgIpc) is 2.85. The van der Waals surface area contributed by atoms with Gasteiger partial charge in [0, 0.05) is 19.2 Å². The molecule has 198 valence electrons. The second-order valence-corrected chi connectivity index (χ2v) is 9.37. The Morgan fingerprint density at radius 2 is 1.67 bits per heavy atom. The Balaban J connectivity index is 2.04. The fourth-order valence-corrected chi connectivity index (χ4v) is 4.03. The summed E-state index contributed by atoms with van der Waals surface area (Å²) in [5.41, 5.74) is 6.51. The Kier molecular flexibility index (Phi) is 10.9. The zero-order chi connectivity index (χ0) is 26.7. The fourth-order valence-electron chi connectivity index (χ4n) is 4.03. The molecule has 2 amide bonds. The topological polar surface area (TPSA) is 111 Å². The number of hydrogen-bond acceptors (Lipinski definition) is 5. The molecule has 0 radical (unpaired) electrons. The van der Waals surface area contributed by atoms with E-state index in [9.17, 15) is 14.7 Å². The van der Waals surface area contributed by atoms with E-state index in [-0.39, 0.29) is 5.92 Å². The van der Waals surface area contributed by atoms with Gasteiger partial charge in [-0.05, 0) is 68.4 Å². The van der Waals surface area contributed by atoms with Crippen molar-refractivity contribution < 1.29 is 28.9 Å². The second-order valence-electron chi connectivity index (χ2n) is 9.37. The lowest BCUT2D eigenvalue weighted by Crippen LogP contribution is -2.38. The van der Waals surface area contributed by atoms with Crippen molar-refractivity contribution >= 4 is 12.0 Å². The number of urea groups is 1. The first-order chi connectivity index (χ1) is 17.1. The van der Waals surface area contributed by atoms with Crippen LogP contribution in [-0.4, -0.2) is 54.9 Å². The van der Waals surface area contributed by atoms with Crippen LogP contribution >= 0.6 is 0 Å². The first kappa shape index (κ1) is 28.8. The summed E-state index contributed by atoms with van der Waals surface area (Å²) >= 11 is 0. The maximum atomic E-state index is 12.2. The van der Waals surface area contributed by atoms with Crippen LogP contribution < -0.4 is 19.9 Å². The van der Waals surface area contributed by atoms with Gasteiger partial charge in [-0.3, -0.25) is 0 Å². The normalized spacial score (nSPS) is 12.0. The number of aliphatic carboxylic acids is 1. The highest BCUT2D eigenvalue weighted by Gasteiger charge is 2.29. The molecular formula is C28H40N2O6. The highest BCUT2D eigenvalue weighted by Crippen LogP contribution is 2.35. The van der Waals surface area contributed by atoms with Gasteiger partial charge in [-0.15, -0.1) is 0 Å². The molecule has 0 fully saturated rings. The van der Waals surface area contributed by atoms with Gasteiger partial charge in [-0.2, -0.15) is 0 Å². The van der Waals surface area contributed by atoms with E-state index in [2.05, 4.69) is 6.92 Å². The van der Waals surface area contributed by atoms with E-state index in [0.717, 1.165) is 48.3 Å². The SMILES string of the molecule is CCCCC(CCN(CCc1ccc(OC(C)(C)C(=O)O)cc1)C(N)=O)c1ccc(OC)cc1OC. The fraction of sp³-hybridized carbons (Fsp3) is 0.500. The zero-order valence-electron chi connectivity index (χ0n) is 22.1. The van der Waals surface area contributed by atoms with Crippen LogP contribution in [0.1, 0.15) is 63.5 Å². The molecule has 0 aromatic heterocycles. The molecule has 0 saturated heterocycles. The monoisotopic (exact) mass is 500 g/mol. The molecule has 8 nitrogen and oxygen atoms in total. The van der Waals surface area contributed by atoms with Gasteiger partial charge in [0.1, 0.15) is 17.2 Å². The number of carbonyl (C=O) groups is 2. The smallest absolute Gasteiger partial charge is 0.347 e. The molecule has 1 atom stereocenters. The summed E-state index contributed by atoms with van der Waals surface area (Å²) in [5, 5.41) is 9.23. The molecule has 2 aromatic carbocycles. The minimum atomic E-state index is -1.31. The summed E-state index contributed by atoms with van der Waals surface area (Å²) < 4.78 is 16.5. The number of ether oxygens (including phenoxy) is 3. The predicted octanol–water partition coefficient (Wildman–Crippen LogP) is 5.23. The molecule has 0 spiro atoms. The summed E-state index contributed by atoms with van der Waals surface area (Å²) in [6.45, 7) is 6.19. The van der Waals surface area contributed by atoms with Crippen LogP contribution in [-0.2, 0) is 11.2 Å². The largest absolute Gasteiger partial charge is 0.497 e. The van der Waals surface area contributed by atoms with Gasteiger partial charge < -0.3 is 30.0 Å². The number of nitrogens with two attached hydrogens (primary N) is 1. The van der Waals surface area contributed by atoms with Crippen molar-refractivity contribution in [2.45, 2.75) is 64.4 Å². The van der Waals surface area contributed by atoms with E-state index in [0.29, 0.717) is 25.3 Å². The van der Waals surface area contributed by atoms with Crippen LogP contribution in [0, 0.1) is 0 Å². The molecule has 3 N–H and O–H groups in total. The number of amides is 2. The van der Waals surface area contributed by atoms with Crippen LogP contribution in [0.5, 0.6) is 17.2 Å². The number of primary amides is 1. The Labute approximate surface area is 214 Å². The summed E-state index contributed by atoms with van der Waals surface area (Å²) in [4.78, 5) is 25.1. The van der Waals surface area contributed by atoms with Gasteiger partial charge >= 0.3 is 12.0 Å². The van der Waals surface area contributed by atoms with Gasteiger partial charge in [0.15, 0.2) is 5.60 Å². The van der Waals surface area contributed by atoms with E-state index in [4.69, 9.17) is 19.9 Å². The molecule has 1 unspecified atom stereocenters. The molecule has 0 aliphatic carbocycles. The Morgan fingerprint density at radius 3 is 2.22 bits per heavy atom. The molecular weight excluding hydrogens is 460 g/mol. The number of nitrogens with zero attached hydrogens (tertiary/aromatic N) is 1. The van der Waals surface area contributed by atoms with Gasteiger partial charge in [-0.1, -0.05) is 38.0 Å². The number of carbonyl (C=O) groups excluding carboxylic acids is 1. The maximum Gasteiger partial charge on any atom is 0.347 e. The third kappa shape index (κ3) is 8.36. The second kappa shape index (κ2) is 13.6. The van der Waals surface area contributed by atoms with Crippen molar-refractivity contribution in [1.29, 1.82) is 0 Å². The summed E-state index contributed by atoms with van der Waals surface area (Å²) in [5.74, 6) is 1.20. The van der Waals surface area contributed by atoms with E-state index in [1.807, 2.05) is 30.3 Å². The van der Waals surface area contributed by atoms with Crippen molar-refractivity contribution in [2.75, 3.05) is 27.3 Å². The third-order valence-corrected chi connectivity index (χ3v) is 6.33. The molecule has 0 heterocycles. The summed E-state index contributed by atoms with van der Waals surface area (Å²) in [7, 11) is 3.29. The number of rotatable bonds is 15. The molecule has 0 bridgehead atoms. The number of benzene rings is 2. The molecule has 2 aromatic rings. The maximum absolute atomic E-state index is 12.2. The molecule has 0 aliphatic heterocycles. The average molecular weight is 501 g/mol. The molecule has 0 aliphatic rings. The highest BCUT2D eigenvalue weighted by molar-refractivity contribution is 5.76. The van der Waals surface area contributed by atoms with Gasteiger partial charge in [0.2, 0.25) is 0 Å². The number of unbranched alkanes of at least 4 members (excludes halogenated alkanes) is 1. The van der Waals surface area contributed by atoms with E-state index >= 15 is 0 Å². The summed E-state index contributed by atoms with van der Waals surface area (Å²) in [6.07, 6.45) is 4.53. The molecule has 2 rings (SSSR count). The quantitative estimate of drug-likeness (QED) is 0.346. The standard InChI is InChI=1S/C28H40N2O6/c1-6-7-8-21(24-14-13-23(34-4)19-25(24)35-5)16-18-30(27(29)33)17-15-20-9-11-22(12-10-20)36-28(2,3)26(31)32/h9-14,19,21H,6-8,15-18H2,1-5H3,(H2,29,33)(H,31,32). The highest BCUT2D eigenvalue weighted by atomic mass is 16.5. The van der Waals surface area contributed by atoms with E-state index in [1.165, 1.54) is 13.8 Å². The Bertz CT molecular complexity index is 990. The number of carboxylic acids is 1. The number of methoxy groups -OCH3 is 2. The van der Waals surface area contributed by atoms with Gasteiger partial charge in [-0.25, -0.2) is 9.59 Å². The van der Waals surface area contributed by atoms with Crippen LogP contribution in [0.25, 0.3) is 0 Å². The Hall–Kier alpha value is -3.42. The molecule has 8 heteroatoms. The first-order valence-electron chi connectivity index (χ1n) is 12.4. The Morgan fingerprint density at radius 1 is 1.00 bits per heavy atom. The lowest BCUT2D eigenvalue weighted by Gasteiger charge is -2.25. The summed E-state index contributed by atoms with van der Waals surface area (Å²) in [6, 6.07) is 12.7. The van der Waals surface area contributed by atoms with Crippen LogP contribution in [0.3, 0.4) is 0 Å². The van der Waals surface area contributed by atoms with Crippen molar-refractivity contribution in [3.8, 4) is 17.2 Å². The minimum Gasteiger partial charge on any atom is -0.497 e. The first-order valence-corrected chi connectivity index (χ1v) is 12.4. The van der Waals surface area contributed by atoms with E-state index < -0.39 is 17.6 Å². The number of hydrogen-bond donors (Lipinski definition) is 2. The minimum absolute atomic E-state index is 0.224. The van der Waals surface area contributed by atoms with Crippen molar-refractivity contribution in [3.63, 3.8) is 0 Å². The van der Waals surface area contributed by atoms with E-state index in [1.54, 1.807) is 31.3 Å². The predicted molar refractivity (Wildman–Crippen MR) is 140 cm³/mol. The van der Waals surface area contributed by atoms with Crippen LogP contribution in [0.4, 0.5) is 4.79 Å². The lowest BCUT2D eigenvalue weighted by molar-refractivity contribution is -0.152. The molecule has 0 saturated carbocycles. The van der Waals surface area contributed by atoms with Crippen molar-refractivity contribution in [2.24, 2.45) is 5.73 Å².